The van der Waals surface area contributed by atoms with E-state index < -0.39 is 6.04 Å². The monoisotopic (exact) mass is 638 g/mol. The molecule has 3 aromatic carbocycles. The summed E-state index contributed by atoms with van der Waals surface area (Å²) in [6, 6.07) is 19.4. The Morgan fingerprint density at radius 3 is 2.47 bits per heavy atom. The number of hydrogen-bond donors (Lipinski definition) is 1. The number of Topliss-reactive ketones (excluding diaryl/α,β-unsaturated/α-hetero) is 1. The molecular weight excluding hydrogens is 596 g/mol. The average molecular weight is 639 g/mol. The van der Waals surface area contributed by atoms with E-state index in [1.165, 1.54) is 0 Å². The first-order valence-electron chi connectivity index (χ1n) is 16.2. The summed E-state index contributed by atoms with van der Waals surface area (Å²) >= 11 is 0. The molecule has 10 nitrogen and oxygen atoms in total. The van der Waals surface area contributed by atoms with E-state index in [9.17, 15) is 9.59 Å². The molecule has 3 aromatic rings. The van der Waals surface area contributed by atoms with Crippen molar-refractivity contribution >= 4 is 23.1 Å². The highest BCUT2D eigenvalue weighted by molar-refractivity contribution is 6.02. The van der Waals surface area contributed by atoms with E-state index in [4.69, 9.17) is 18.9 Å². The molecule has 1 saturated heterocycles. The maximum Gasteiger partial charge on any atom is 0.242 e. The van der Waals surface area contributed by atoms with E-state index in [2.05, 4.69) is 35.0 Å². The molecule has 47 heavy (non-hydrogen) atoms. The Balaban J connectivity index is 1.18. The van der Waals surface area contributed by atoms with Crippen molar-refractivity contribution in [2.75, 3.05) is 64.0 Å². The predicted molar refractivity (Wildman–Crippen MR) is 179 cm³/mol. The molecule has 0 saturated carbocycles. The molecule has 7 rings (SSSR count). The highest BCUT2D eigenvalue weighted by atomic mass is 16.7. The van der Waals surface area contributed by atoms with Gasteiger partial charge in [-0.25, -0.2) is 0 Å². The van der Waals surface area contributed by atoms with Crippen LogP contribution in [0.1, 0.15) is 43.9 Å². The van der Waals surface area contributed by atoms with Crippen LogP contribution in [0.5, 0.6) is 23.0 Å². The molecule has 0 radical (unpaired) electrons. The van der Waals surface area contributed by atoms with E-state index in [0.29, 0.717) is 36.6 Å². The van der Waals surface area contributed by atoms with Gasteiger partial charge in [0, 0.05) is 50.4 Å². The summed E-state index contributed by atoms with van der Waals surface area (Å²) in [4.78, 5) is 34.7. The number of fused-ring (bicyclic) bond motifs is 2. The number of piperazine rings is 1. The van der Waals surface area contributed by atoms with Gasteiger partial charge in [0.25, 0.3) is 0 Å². The van der Waals surface area contributed by atoms with Gasteiger partial charge in [-0.05, 0) is 59.4 Å². The molecule has 4 aliphatic rings. The molecular formula is C37H42N4O6. The number of amides is 1. The number of carbonyl (C=O) groups excluding carboxylic acids is 2. The summed E-state index contributed by atoms with van der Waals surface area (Å²) in [5, 5.41) is 3.64. The average Bonchev–Trinajstić information content (AvgIpc) is 3.48. The van der Waals surface area contributed by atoms with Gasteiger partial charge < -0.3 is 34.1 Å². The topological polar surface area (TPSA) is 92.8 Å². The molecule has 3 heterocycles. The van der Waals surface area contributed by atoms with Crippen LogP contribution < -0.4 is 29.2 Å². The van der Waals surface area contributed by atoms with Gasteiger partial charge in [-0.1, -0.05) is 38.1 Å². The molecule has 1 fully saturated rings. The van der Waals surface area contributed by atoms with Crippen LogP contribution in [-0.4, -0.2) is 75.2 Å². The number of rotatable bonds is 7. The van der Waals surface area contributed by atoms with E-state index >= 15 is 0 Å². The Labute approximate surface area is 275 Å². The molecule has 3 aliphatic heterocycles. The van der Waals surface area contributed by atoms with Crippen LogP contribution in [0.4, 0.5) is 11.4 Å². The van der Waals surface area contributed by atoms with Crippen LogP contribution in [0.2, 0.25) is 0 Å². The van der Waals surface area contributed by atoms with Gasteiger partial charge in [-0.3, -0.25) is 14.5 Å². The Morgan fingerprint density at radius 1 is 0.915 bits per heavy atom. The second kappa shape index (κ2) is 12.5. The normalized spacial score (nSPS) is 20.3. The number of anilines is 2. The number of ether oxygens (including phenoxy) is 4. The van der Waals surface area contributed by atoms with Crippen LogP contribution in [0.3, 0.4) is 0 Å². The lowest BCUT2D eigenvalue weighted by molar-refractivity contribution is -0.131. The van der Waals surface area contributed by atoms with Gasteiger partial charge in [-0.2, -0.15) is 0 Å². The molecule has 0 spiro atoms. The van der Waals surface area contributed by atoms with Gasteiger partial charge in [0.1, 0.15) is 0 Å². The third kappa shape index (κ3) is 6.10. The minimum absolute atomic E-state index is 0.0284. The number of ketones is 1. The van der Waals surface area contributed by atoms with Gasteiger partial charge in [0.15, 0.2) is 28.8 Å². The number of para-hydroxylation sites is 2. The lowest BCUT2D eigenvalue weighted by Crippen LogP contribution is -2.51. The highest BCUT2D eigenvalue weighted by Crippen LogP contribution is 2.49. The molecule has 1 amide bonds. The molecule has 0 bridgehead atoms. The molecule has 246 valence electrons. The third-order valence-corrected chi connectivity index (χ3v) is 9.60. The maximum atomic E-state index is 14.2. The summed E-state index contributed by atoms with van der Waals surface area (Å²) in [6.45, 7) is 8.19. The summed E-state index contributed by atoms with van der Waals surface area (Å²) in [6.07, 6.45) is 1.15. The first-order valence-corrected chi connectivity index (χ1v) is 16.2. The van der Waals surface area contributed by atoms with Gasteiger partial charge in [0.2, 0.25) is 12.7 Å². The molecule has 1 N–H and O–H groups in total. The number of allylic oxidation sites excluding steroid dienone is 1. The lowest BCUT2D eigenvalue weighted by atomic mass is 9.73. The van der Waals surface area contributed by atoms with Crippen LogP contribution in [0.15, 0.2) is 71.9 Å². The fourth-order valence-corrected chi connectivity index (χ4v) is 7.30. The summed E-state index contributed by atoms with van der Waals surface area (Å²) in [5.41, 5.74) is 5.20. The largest absolute Gasteiger partial charge is 0.493 e. The zero-order valence-corrected chi connectivity index (χ0v) is 27.5. The number of benzene rings is 3. The second-order valence-corrected chi connectivity index (χ2v) is 13.5. The smallest absolute Gasteiger partial charge is 0.242 e. The Hall–Kier alpha value is -4.70. The Morgan fingerprint density at radius 2 is 1.68 bits per heavy atom. The maximum absolute atomic E-state index is 14.2. The summed E-state index contributed by atoms with van der Waals surface area (Å²) in [7, 11) is 3.22. The van der Waals surface area contributed by atoms with Crippen molar-refractivity contribution in [1.82, 2.24) is 9.80 Å². The van der Waals surface area contributed by atoms with Gasteiger partial charge in [-0.15, -0.1) is 0 Å². The third-order valence-electron chi connectivity index (χ3n) is 9.60. The minimum atomic E-state index is -0.499. The lowest BCUT2D eigenvalue weighted by Gasteiger charge is -2.40. The molecule has 1 unspecified atom stereocenters. The van der Waals surface area contributed by atoms with Gasteiger partial charge in [0.05, 0.1) is 38.2 Å². The van der Waals surface area contributed by atoms with Crippen molar-refractivity contribution in [3.63, 3.8) is 0 Å². The van der Waals surface area contributed by atoms with Gasteiger partial charge >= 0.3 is 0 Å². The summed E-state index contributed by atoms with van der Waals surface area (Å²) < 4.78 is 22.3. The zero-order chi connectivity index (χ0) is 32.7. The quantitative estimate of drug-likeness (QED) is 0.366. The molecule has 1 aliphatic carbocycles. The first kappa shape index (κ1) is 30.9. The number of nitrogens with zero attached hydrogens (tertiary/aromatic N) is 3. The summed E-state index contributed by atoms with van der Waals surface area (Å²) in [5.74, 6) is 2.86. The van der Waals surface area contributed by atoms with Crippen LogP contribution >= 0.6 is 0 Å². The fourth-order valence-electron chi connectivity index (χ4n) is 7.30. The number of hydrogen-bond acceptors (Lipinski definition) is 9. The number of nitrogens with one attached hydrogen (secondary N) is 1. The first-order chi connectivity index (χ1) is 22.7. The predicted octanol–water partition coefficient (Wildman–Crippen LogP) is 5.39. The number of carbonyl (C=O) groups is 2. The van der Waals surface area contributed by atoms with Crippen LogP contribution in [-0.2, 0) is 16.1 Å². The standard InChI is InChI=1S/C37H42N4O6/c1-37(2)19-27-35(29(42)20-37)36(25-10-12-30(44-3)32(18-25)45-4)41(28-8-6-5-7-26(28)38-27)22-34(43)40-15-13-39(14-16-40)21-24-9-11-31-33(17-24)47-23-46-31/h5-12,17-18,36,38H,13-16,19-23H2,1-4H3. The van der Waals surface area contributed by atoms with Crippen molar-refractivity contribution in [3.05, 3.63) is 83.1 Å². The van der Waals surface area contributed by atoms with Crippen molar-refractivity contribution in [3.8, 4) is 23.0 Å². The van der Waals surface area contributed by atoms with Crippen molar-refractivity contribution in [1.29, 1.82) is 0 Å². The second-order valence-electron chi connectivity index (χ2n) is 13.5. The van der Waals surface area contributed by atoms with E-state index in [-0.39, 0.29) is 30.4 Å². The molecule has 10 heteroatoms. The Bertz CT molecular complexity index is 1730. The molecule has 0 aromatic heterocycles. The van der Waals surface area contributed by atoms with Crippen molar-refractivity contribution in [2.45, 2.75) is 39.3 Å². The van der Waals surface area contributed by atoms with Crippen LogP contribution in [0, 0.1) is 5.41 Å². The van der Waals surface area contributed by atoms with E-state index in [1.54, 1.807) is 14.2 Å². The van der Waals surface area contributed by atoms with E-state index in [0.717, 1.165) is 65.8 Å². The highest BCUT2D eigenvalue weighted by Gasteiger charge is 2.42. The van der Waals surface area contributed by atoms with E-state index in [1.807, 2.05) is 59.5 Å². The Kier molecular flexibility index (Phi) is 8.21. The van der Waals surface area contributed by atoms with Crippen LogP contribution in [0.25, 0.3) is 0 Å². The number of methoxy groups -OCH3 is 2. The van der Waals surface area contributed by atoms with Crippen molar-refractivity contribution in [2.24, 2.45) is 5.41 Å². The molecule has 1 atom stereocenters. The SMILES string of the molecule is COc1ccc(C2C3=C(CC(C)(C)CC3=O)Nc3ccccc3N2CC(=O)N2CCN(Cc3ccc4c(c3)OCO4)CC2)cc1OC. The zero-order valence-electron chi connectivity index (χ0n) is 27.5. The van der Waals surface area contributed by atoms with Crippen molar-refractivity contribution < 1.29 is 28.5 Å². The fraction of sp³-hybridized carbons (Fsp3) is 0.405. The minimum Gasteiger partial charge on any atom is -0.493 e.